The van der Waals surface area contributed by atoms with Crippen LogP contribution in [0.4, 0.5) is 5.69 Å². The molecule has 0 spiro atoms. The molecule has 0 aliphatic rings. The standard InChI is InChI=1S/C11H7NO2/c13-7-10-9-4-2-1-3-8(9)5-6-11(10)12-14/h1-7H. The molecule has 0 amide bonds. The molecule has 68 valence electrons. The first-order valence-corrected chi connectivity index (χ1v) is 4.17. The highest BCUT2D eigenvalue weighted by Crippen LogP contribution is 2.26. The summed E-state index contributed by atoms with van der Waals surface area (Å²) in [5.41, 5.74) is 0.553. The molecular formula is C11H7NO2. The average Bonchev–Trinajstić information content (AvgIpc) is 2.27. The SMILES string of the molecule is O=Cc1c(N=O)ccc2ccccc12. The summed E-state index contributed by atoms with van der Waals surface area (Å²) in [6, 6.07) is 10.7. The zero-order chi connectivity index (χ0) is 9.97. The van der Waals surface area contributed by atoms with Gasteiger partial charge in [0.2, 0.25) is 0 Å². The van der Waals surface area contributed by atoms with Gasteiger partial charge in [0.25, 0.3) is 0 Å². The molecule has 0 N–H and O–H groups in total. The Morgan fingerprint density at radius 1 is 1.07 bits per heavy atom. The van der Waals surface area contributed by atoms with E-state index in [-0.39, 0.29) is 5.69 Å². The average molecular weight is 185 g/mol. The summed E-state index contributed by atoms with van der Waals surface area (Å²) in [6.07, 6.45) is 0.666. The van der Waals surface area contributed by atoms with E-state index in [2.05, 4.69) is 5.18 Å². The second-order valence-electron chi connectivity index (χ2n) is 2.93. The van der Waals surface area contributed by atoms with Gasteiger partial charge in [-0.25, -0.2) is 0 Å². The smallest absolute Gasteiger partial charge is 0.152 e. The Bertz CT molecular complexity index is 506. The number of carbonyl (C=O) groups is 1. The van der Waals surface area contributed by atoms with Crippen molar-refractivity contribution >= 4 is 22.7 Å². The van der Waals surface area contributed by atoms with E-state index in [4.69, 9.17) is 0 Å². The van der Waals surface area contributed by atoms with E-state index >= 15 is 0 Å². The van der Waals surface area contributed by atoms with Crippen LogP contribution in [0.5, 0.6) is 0 Å². The van der Waals surface area contributed by atoms with Crippen LogP contribution in [0, 0.1) is 4.91 Å². The van der Waals surface area contributed by atoms with Gasteiger partial charge >= 0.3 is 0 Å². The molecular weight excluding hydrogens is 178 g/mol. The van der Waals surface area contributed by atoms with Crippen molar-refractivity contribution in [1.82, 2.24) is 0 Å². The van der Waals surface area contributed by atoms with E-state index in [1.54, 1.807) is 18.2 Å². The van der Waals surface area contributed by atoms with Crippen LogP contribution in [0.15, 0.2) is 41.6 Å². The number of rotatable bonds is 2. The van der Waals surface area contributed by atoms with Crippen LogP contribution in [0.25, 0.3) is 10.8 Å². The molecule has 0 atom stereocenters. The first-order valence-electron chi connectivity index (χ1n) is 4.17. The number of nitrogens with zero attached hydrogens (tertiary/aromatic N) is 1. The Kier molecular flexibility index (Phi) is 2.07. The van der Waals surface area contributed by atoms with Gasteiger partial charge in [-0.15, -0.1) is 4.91 Å². The van der Waals surface area contributed by atoms with Crippen molar-refractivity contribution in [3.05, 3.63) is 46.9 Å². The highest BCUT2D eigenvalue weighted by atomic mass is 16.3. The summed E-state index contributed by atoms with van der Waals surface area (Å²) in [4.78, 5) is 21.2. The minimum absolute atomic E-state index is 0.193. The van der Waals surface area contributed by atoms with Crippen LogP contribution in [0.3, 0.4) is 0 Å². The summed E-state index contributed by atoms with van der Waals surface area (Å²) in [7, 11) is 0. The predicted molar refractivity (Wildman–Crippen MR) is 54.8 cm³/mol. The lowest BCUT2D eigenvalue weighted by Gasteiger charge is -2.01. The topological polar surface area (TPSA) is 46.5 Å². The van der Waals surface area contributed by atoms with Crippen molar-refractivity contribution in [2.75, 3.05) is 0 Å². The molecule has 0 fully saturated rings. The first kappa shape index (κ1) is 8.56. The molecule has 3 heteroatoms. The zero-order valence-corrected chi connectivity index (χ0v) is 7.31. The number of aldehydes is 1. The molecule has 2 rings (SSSR count). The van der Waals surface area contributed by atoms with E-state index < -0.39 is 0 Å². The molecule has 3 nitrogen and oxygen atoms in total. The predicted octanol–water partition coefficient (Wildman–Crippen LogP) is 3.05. The van der Waals surface area contributed by atoms with Crippen molar-refractivity contribution in [2.45, 2.75) is 0 Å². The first-order chi connectivity index (χ1) is 6.86. The Labute approximate surface area is 80.3 Å². The van der Waals surface area contributed by atoms with E-state index in [0.717, 1.165) is 10.8 Å². The third-order valence-corrected chi connectivity index (χ3v) is 2.16. The summed E-state index contributed by atoms with van der Waals surface area (Å²) >= 11 is 0. The van der Waals surface area contributed by atoms with Gasteiger partial charge in [-0.05, 0) is 22.0 Å². The molecule has 0 bridgehead atoms. The largest absolute Gasteiger partial charge is 0.298 e. The van der Waals surface area contributed by atoms with Crippen molar-refractivity contribution in [3.8, 4) is 0 Å². The third kappa shape index (κ3) is 1.19. The van der Waals surface area contributed by atoms with Gasteiger partial charge in [-0.2, -0.15) is 0 Å². The number of hydrogen-bond acceptors (Lipinski definition) is 3. The maximum atomic E-state index is 10.8. The van der Waals surface area contributed by atoms with Crippen molar-refractivity contribution < 1.29 is 4.79 Å². The molecule has 14 heavy (non-hydrogen) atoms. The summed E-state index contributed by atoms with van der Waals surface area (Å²) in [6.45, 7) is 0. The normalized spacial score (nSPS) is 10.0. The maximum Gasteiger partial charge on any atom is 0.152 e. The molecule has 0 saturated heterocycles. The number of nitroso groups, excluding NO2 is 1. The fraction of sp³-hybridized carbons (Fsp3) is 0. The molecule has 0 aromatic heterocycles. The Morgan fingerprint density at radius 3 is 2.57 bits per heavy atom. The molecule has 0 unspecified atom stereocenters. The van der Waals surface area contributed by atoms with Crippen LogP contribution >= 0.6 is 0 Å². The number of carbonyl (C=O) groups excluding carboxylic acids is 1. The quantitative estimate of drug-likeness (QED) is 0.533. The van der Waals surface area contributed by atoms with Gasteiger partial charge in [0.15, 0.2) is 6.29 Å². The lowest BCUT2D eigenvalue weighted by atomic mass is 10.0. The van der Waals surface area contributed by atoms with Crippen molar-refractivity contribution in [2.24, 2.45) is 5.18 Å². The molecule has 0 saturated carbocycles. The minimum atomic E-state index is 0.193. The highest BCUT2D eigenvalue weighted by molar-refractivity contribution is 6.02. The monoisotopic (exact) mass is 185 g/mol. The summed E-state index contributed by atoms with van der Waals surface area (Å²) in [5.74, 6) is 0. The van der Waals surface area contributed by atoms with E-state index in [1.165, 1.54) is 0 Å². The Hall–Kier alpha value is -2.03. The summed E-state index contributed by atoms with van der Waals surface area (Å²) in [5, 5.41) is 4.51. The van der Waals surface area contributed by atoms with Crippen LogP contribution in [0.1, 0.15) is 10.4 Å². The molecule has 2 aromatic rings. The Balaban J connectivity index is 2.90. The fourth-order valence-electron chi connectivity index (χ4n) is 1.49. The molecule has 0 aliphatic heterocycles. The van der Waals surface area contributed by atoms with Gasteiger partial charge in [0.1, 0.15) is 5.69 Å². The van der Waals surface area contributed by atoms with Gasteiger partial charge in [0.05, 0.1) is 5.56 Å². The lowest BCUT2D eigenvalue weighted by Crippen LogP contribution is -1.83. The molecule has 0 heterocycles. The van der Waals surface area contributed by atoms with Gasteiger partial charge in [0, 0.05) is 0 Å². The van der Waals surface area contributed by atoms with Crippen molar-refractivity contribution in [3.63, 3.8) is 0 Å². The number of hydrogen-bond donors (Lipinski definition) is 0. The molecule has 0 aliphatic carbocycles. The van der Waals surface area contributed by atoms with Crippen molar-refractivity contribution in [1.29, 1.82) is 0 Å². The second-order valence-corrected chi connectivity index (χ2v) is 2.93. The van der Waals surface area contributed by atoms with E-state index in [0.29, 0.717) is 11.8 Å². The van der Waals surface area contributed by atoms with Gasteiger partial charge < -0.3 is 0 Å². The molecule has 0 radical (unpaired) electrons. The van der Waals surface area contributed by atoms with Crippen LogP contribution in [-0.2, 0) is 0 Å². The lowest BCUT2D eigenvalue weighted by molar-refractivity contribution is 0.112. The summed E-state index contributed by atoms with van der Waals surface area (Å²) < 4.78 is 0. The van der Waals surface area contributed by atoms with E-state index in [9.17, 15) is 9.70 Å². The van der Waals surface area contributed by atoms with E-state index in [1.807, 2.05) is 18.2 Å². The zero-order valence-electron chi connectivity index (χ0n) is 7.31. The third-order valence-electron chi connectivity index (χ3n) is 2.16. The van der Waals surface area contributed by atoms with Crippen LogP contribution in [-0.4, -0.2) is 6.29 Å². The number of fused-ring (bicyclic) bond motifs is 1. The van der Waals surface area contributed by atoms with Crippen LogP contribution in [0.2, 0.25) is 0 Å². The minimum Gasteiger partial charge on any atom is -0.298 e. The van der Waals surface area contributed by atoms with Gasteiger partial charge in [-0.3, -0.25) is 4.79 Å². The maximum absolute atomic E-state index is 10.8. The molecule has 2 aromatic carbocycles. The number of benzene rings is 2. The second kappa shape index (κ2) is 3.38. The Morgan fingerprint density at radius 2 is 1.86 bits per heavy atom. The highest BCUT2D eigenvalue weighted by Gasteiger charge is 2.05. The fourth-order valence-corrected chi connectivity index (χ4v) is 1.49. The van der Waals surface area contributed by atoms with Crippen LogP contribution < -0.4 is 0 Å². The van der Waals surface area contributed by atoms with Gasteiger partial charge in [-0.1, -0.05) is 30.3 Å².